The third-order valence-corrected chi connectivity index (χ3v) is 4.97. The summed E-state index contributed by atoms with van der Waals surface area (Å²) in [6.07, 6.45) is -5.33. The molecular formula is C17H22F4N6O3. The highest BCUT2D eigenvalue weighted by molar-refractivity contribution is 5.97. The summed E-state index contributed by atoms with van der Waals surface area (Å²) >= 11 is 0. The first-order chi connectivity index (χ1) is 14.0. The summed E-state index contributed by atoms with van der Waals surface area (Å²) in [6.45, 7) is 3.10. The summed E-state index contributed by atoms with van der Waals surface area (Å²) in [7, 11) is 0. The van der Waals surface area contributed by atoms with Gasteiger partial charge in [-0.25, -0.2) is 0 Å². The highest BCUT2D eigenvalue weighted by Gasteiger charge is 2.46. The molecule has 1 saturated heterocycles. The summed E-state index contributed by atoms with van der Waals surface area (Å²) in [6, 6.07) is -2.59. The number of carbonyl (C=O) groups excluding carboxylic acids is 1. The SMILES string of the molecule is CC(=N)NC(=O)CN1CC[C@H](C(F)(F)F)n2c1nc(N1CCOC[C@H]1C)c(F)c2=O. The first-order valence-electron chi connectivity index (χ1n) is 9.33. The Morgan fingerprint density at radius 1 is 1.37 bits per heavy atom. The molecule has 0 spiro atoms. The van der Waals surface area contributed by atoms with Crippen molar-refractivity contribution in [3.8, 4) is 0 Å². The van der Waals surface area contributed by atoms with Crippen LogP contribution in [0.4, 0.5) is 29.3 Å². The number of carbonyl (C=O) groups is 1. The molecule has 1 aromatic heterocycles. The zero-order chi connectivity index (χ0) is 22.2. The number of anilines is 2. The van der Waals surface area contributed by atoms with Gasteiger partial charge in [-0.3, -0.25) is 19.6 Å². The number of nitrogens with zero attached hydrogens (tertiary/aromatic N) is 4. The molecule has 2 aliphatic rings. The van der Waals surface area contributed by atoms with Gasteiger partial charge in [0.25, 0.3) is 5.56 Å². The Balaban J connectivity index is 2.10. The Morgan fingerprint density at radius 3 is 2.67 bits per heavy atom. The van der Waals surface area contributed by atoms with Crippen molar-refractivity contribution < 1.29 is 27.1 Å². The van der Waals surface area contributed by atoms with Crippen LogP contribution in [0.3, 0.4) is 0 Å². The quantitative estimate of drug-likeness (QED) is 0.419. The van der Waals surface area contributed by atoms with Crippen molar-refractivity contribution in [1.82, 2.24) is 14.9 Å². The van der Waals surface area contributed by atoms with Gasteiger partial charge in [0.15, 0.2) is 5.82 Å². The van der Waals surface area contributed by atoms with Crippen LogP contribution in [0.2, 0.25) is 0 Å². The predicted octanol–water partition coefficient (Wildman–Crippen LogP) is 1.03. The van der Waals surface area contributed by atoms with Crippen molar-refractivity contribution in [2.24, 2.45) is 0 Å². The number of morpholine rings is 1. The molecule has 3 heterocycles. The Labute approximate surface area is 169 Å². The number of rotatable bonds is 3. The van der Waals surface area contributed by atoms with E-state index in [9.17, 15) is 27.2 Å². The van der Waals surface area contributed by atoms with Crippen LogP contribution in [0.25, 0.3) is 0 Å². The average molecular weight is 434 g/mol. The second-order valence-electron chi connectivity index (χ2n) is 7.28. The zero-order valence-corrected chi connectivity index (χ0v) is 16.4. The number of amidine groups is 1. The van der Waals surface area contributed by atoms with E-state index in [0.717, 1.165) is 0 Å². The maximum Gasteiger partial charge on any atom is 0.409 e. The minimum absolute atomic E-state index is 0.141. The number of nitrogens with one attached hydrogen (secondary N) is 2. The van der Waals surface area contributed by atoms with Gasteiger partial charge in [-0.2, -0.15) is 22.5 Å². The van der Waals surface area contributed by atoms with Gasteiger partial charge < -0.3 is 19.9 Å². The van der Waals surface area contributed by atoms with E-state index in [1.165, 1.54) is 16.7 Å². The number of alkyl halides is 3. The van der Waals surface area contributed by atoms with Crippen molar-refractivity contribution >= 4 is 23.5 Å². The molecule has 1 amide bonds. The summed E-state index contributed by atoms with van der Waals surface area (Å²) in [4.78, 5) is 31.5. The molecular weight excluding hydrogens is 412 g/mol. The summed E-state index contributed by atoms with van der Waals surface area (Å²) in [5, 5.41) is 9.55. The van der Waals surface area contributed by atoms with E-state index in [4.69, 9.17) is 10.1 Å². The molecule has 2 N–H and O–H groups in total. The van der Waals surface area contributed by atoms with Crippen LogP contribution in [0.5, 0.6) is 0 Å². The predicted molar refractivity (Wildman–Crippen MR) is 99.5 cm³/mol. The van der Waals surface area contributed by atoms with Crippen molar-refractivity contribution in [3.63, 3.8) is 0 Å². The van der Waals surface area contributed by atoms with Gasteiger partial charge in [0.1, 0.15) is 12.6 Å². The molecule has 0 bridgehead atoms. The zero-order valence-electron chi connectivity index (χ0n) is 16.4. The van der Waals surface area contributed by atoms with Crippen molar-refractivity contribution in [1.29, 1.82) is 5.41 Å². The fourth-order valence-corrected chi connectivity index (χ4v) is 3.62. The maximum absolute atomic E-state index is 14.9. The molecule has 30 heavy (non-hydrogen) atoms. The van der Waals surface area contributed by atoms with Gasteiger partial charge in [0, 0.05) is 13.1 Å². The molecule has 1 aromatic rings. The topological polar surface area (TPSA) is 104 Å². The van der Waals surface area contributed by atoms with E-state index >= 15 is 0 Å². The Hall–Kier alpha value is -2.70. The molecule has 0 aromatic carbocycles. The normalized spacial score (nSPS) is 21.9. The van der Waals surface area contributed by atoms with E-state index in [0.29, 0.717) is 0 Å². The molecule has 0 saturated carbocycles. The highest BCUT2D eigenvalue weighted by Crippen LogP contribution is 2.38. The van der Waals surface area contributed by atoms with E-state index in [1.54, 1.807) is 6.92 Å². The smallest absolute Gasteiger partial charge is 0.377 e. The van der Waals surface area contributed by atoms with Crippen LogP contribution < -0.4 is 20.7 Å². The van der Waals surface area contributed by atoms with Crippen LogP contribution in [-0.4, -0.2) is 66.4 Å². The molecule has 2 aliphatic heterocycles. The first-order valence-corrected chi connectivity index (χ1v) is 9.33. The Kier molecular flexibility index (Phi) is 6.01. The van der Waals surface area contributed by atoms with E-state index < -0.39 is 48.4 Å². The lowest BCUT2D eigenvalue weighted by molar-refractivity contribution is -0.171. The molecule has 166 valence electrons. The number of aromatic nitrogens is 2. The molecule has 13 heteroatoms. The fourth-order valence-electron chi connectivity index (χ4n) is 3.62. The molecule has 2 atom stereocenters. The lowest BCUT2D eigenvalue weighted by atomic mass is 10.1. The minimum atomic E-state index is -4.79. The Morgan fingerprint density at radius 2 is 2.07 bits per heavy atom. The van der Waals surface area contributed by atoms with E-state index in [2.05, 4.69) is 10.3 Å². The lowest BCUT2D eigenvalue weighted by Gasteiger charge is -2.38. The third-order valence-electron chi connectivity index (χ3n) is 4.97. The number of ether oxygens (including phenoxy) is 1. The summed E-state index contributed by atoms with van der Waals surface area (Å²) < 4.78 is 61.1. The summed E-state index contributed by atoms with van der Waals surface area (Å²) in [5.74, 6) is -2.96. The van der Waals surface area contributed by atoms with Gasteiger partial charge in [0.05, 0.1) is 25.1 Å². The second-order valence-corrected chi connectivity index (χ2v) is 7.28. The lowest BCUT2D eigenvalue weighted by Crippen LogP contribution is -2.51. The van der Waals surface area contributed by atoms with E-state index in [1.807, 2.05) is 0 Å². The van der Waals surface area contributed by atoms with Crippen LogP contribution in [-0.2, 0) is 9.53 Å². The van der Waals surface area contributed by atoms with Gasteiger partial charge in [-0.05, 0) is 20.3 Å². The van der Waals surface area contributed by atoms with Crippen molar-refractivity contribution in [3.05, 3.63) is 16.2 Å². The molecule has 3 rings (SSSR count). The van der Waals surface area contributed by atoms with Crippen LogP contribution in [0, 0.1) is 11.2 Å². The fraction of sp³-hybridized carbons (Fsp3) is 0.647. The third kappa shape index (κ3) is 4.25. The molecule has 1 fully saturated rings. The second kappa shape index (κ2) is 8.20. The van der Waals surface area contributed by atoms with Gasteiger partial charge in [0.2, 0.25) is 17.7 Å². The van der Waals surface area contributed by atoms with Crippen LogP contribution in [0.1, 0.15) is 26.3 Å². The minimum Gasteiger partial charge on any atom is -0.377 e. The standard InChI is InChI=1S/C17H22F4N6O3/c1-9-8-30-6-5-26(9)14-13(18)15(29)27-11(17(19,20)21)3-4-25(16(27)24-14)7-12(28)23-10(2)22/h9,11H,3-8H2,1-2H3,(H2,22,23,28)/t9-,11-/m1/s1. The molecule has 9 nitrogen and oxygen atoms in total. The average Bonchev–Trinajstić information content (AvgIpc) is 2.64. The molecule has 0 unspecified atom stereocenters. The van der Waals surface area contributed by atoms with Gasteiger partial charge in [-0.15, -0.1) is 0 Å². The van der Waals surface area contributed by atoms with Crippen molar-refractivity contribution in [2.45, 2.75) is 38.5 Å². The number of hydrogen-bond acceptors (Lipinski definition) is 7. The van der Waals surface area contributed by atoms with E-state index in [-0.39, 0.29) is 48.6 Å². The highest BCUT2D eigenvalue weighted by atomic mass is 19.4. The molecule has 0 aliphatic carbocycles. The van der Waals surface area contributed by atoms with Crippen LogP contribution >= 0.6 is 0 Å². The molecule has 0 radical (unpaired) electrons. The largest absolute Gasteiger partial charge is 0.409 e. The number of amides is 1. The monoisotopic (exact) mass is 434 g/mol. The van der Waals surface area contributed by atoms with Crippen LogP contribution in [0.15, 0.2) is 4.79 Å². The van der Waals surface area contributed by atoms with Gasteiger partial charge in [-0.1, -0.05) is 0 Å². The summed E-state index contributed by atoms with van der Waals surface area (Å²) in [5.41, 5.74) is -1.44. The Bertz CT molecular complexity index is 903. The number of hydrogen-bond donors (Lipinski definition) is 2. The maximum atomic E-state index is 14.9. The first kappa shape index (κ1) is 22.0. The van der Waals surface area contributed by atoms with Crippen molar-refractivity contribution in [2.75, 3.05) is 42.6 Å². The van der Waals surface area contributed by atoms with Gasteiger partial charge >= 0.3 is 6.18 Å². The number of fused-ring (bicyclic) bond motifs is 1. The number of halogens is 4.